The number of aliphatic hydroxyl groups is 1. The number of nitrogens with two attached hydrogens (primary N) is 1. The van der Waals surface area contributed by atoms with Gasteiger partial charge in [0, 0.05) is 11.3 Å². The van der Waals surface area contributed by atoms with Crippen LogP contribution in [0.1, 0.15) is 25.0 Å². The molecule has 0 radical (unpaired) electrons. The number of aryl methyl sites for hydroxylation is 1. The van der Waals surface area contributed by atoms with Gasteiger partial charge in [0.1, 0.15) is 5.82 Å². The Morgan fingerprint density at radius 2 is 1.92 bits per heavy atom. The molecule has 0 aromatic heterocycles. The zero-order chi connectivity index (χ0) is 10.4. The molecule has 0 saturated heterocycles. The topological polar surface area (TPSA) is 46.2 Å². The zero-order valence-electron chi connectivity index (χ0n) is 8.26. The maximum absolute atomic E-state index is 13.0. The van der Waals surface area contributed by atoms with E-state index in [9.17, 15) is 4.39 Å². The molecule has 3 N–H and O–H groups in total. The molecule has 74 valence electrons. The van der Waals surface area contributed by atoms with Gasteiger partial charge in [-0.2, -0.15) is 0 Å². The van der Waals surface area contributed by atoms with Crippen molar-refractivity contribution in [2.24, 2.45) is 0 Å². The van der Waals surface area contributed by atoms with E-state index < -0.39 is 0 Å². The minimum Gasteiger partial charge on any atom is -0.399 e. The molecule has 0 aliphatic carbocycles. The third-order valence-electron chi connectivity index (χ3n) is 1.52. The Hall–Kier alpha value is -1.09. The molecule has 0 spiro atoms. The average molecular weight is 185 g/mol. The van der Waals surface area contributed by atoms with Crippen LogP contribution in [0.4, 0.5) is 10.1 Å². The van der Waals surface area contributed by atoms with Gasteiger partial charge in [0.15, 0.2) is 0 Å². The molecular weight excluding hydrogens is 169 g/mol. The van der Waals surface area contributed by atoms with Crippen molar-refractivity contribution in [2.75, 3.05) is 5.73 Å². The van der Waals surface area contributed by atoms with Crippen molar-refractivity contribution in [1.82, 2.24) is 0 Å². The van der Waals surface area contributed by atoms with Crippen LogP contribution in [0.3, 0.4) is 0 Å². The number of hydrogen-bond donors (Lipinski definition) is 2. The van der Waals surface area contributed by atoms with Gasteiger partial charge in [0.2, 0.25) is 0 Å². The van der Waals surface area contributed by atoms with Crippen LogP contribution < -0.4 is 5.73 Å². The highest BCUT2D eigenvalue weighted by Gasteiger charge is 2.04. The Morgan fingerprint density at radius 3 is 2.38 bits per heavy atom. The summed E-state index contributed by atoms with van der Waals surface area (Å²) in [4.78, 5) is 0. The van der Waals surface area contributed by atoms with Crippen LogP contribution in [-0.4, -0.2) is 5.11 Å². The van der Waals surface area contributed by atoms with Crippen LogP contribution in [0.15, 0.2) is 12.1 Å². The van der Waals surface area contributed by atoms with E-state index in [-0.39, 0.29) is 18.0 Å². The summed E-state index contributed by atoms with van der Waals surface area (Å²) >= 11 is 0. The summed E-state index contributed by atoms with van der Waals surface area (Å²) < 4.78 is 13.0. The molecule has 1 rings (SSSR count). The van der Waals surface area contributed by atoms with Crippen molar-refractivity contribution in [3.05, 3.63) is 29.1 Å². The average Bonchev–Trinajstić information content (AvgIpc) is 2.14. The first-order valence-corrected chi connectivity index (χ1v) is 4.30. The largest absolute Gasteiger partial charge is 0.399 e. The van der Waals surface area contributed by atoms with Crippen molar-refractivity contribution in [1.29, 1.82) is 0 Å². The lowest BCUT2D eigenvalue weighted by molar-refractivity contribution is 0.275. The predicted molar refractivity (Wildman–Crippen MR) is 52.8 cm³/mol. The van der Waals surface area contributed by atoms with Crippen LogP contribution in [-0.2, 0) is 6.61 Å². The van der Waals surface area contributed by atoms with Crippen LogP contribution in [0.5, 0.6) is 0 Å². The maximum atomic E-state index is 13.0. The smallest absolute Gasteiger partial charge is 0.131 e. The highest BCUT2D eigenvalue weighted by Crippen LogP contribution is 2.16. The summed E-state index contributed by atoms with van der Waals surface area (Å²) in [5, 5.41) is 8.67. The first kappa shape index (κ1) is 11.9. The van der Waals surface area contributed by atoms with Crippen molar-refractivity contribution < 1.29 is 9.50 Å². The fraction of sp³-hybridized carbons (Fsp3) is 0.400. The number of hydrogen-bond acceptors (Lipinski definition) is 2. The van der Waals surface area contributed by atoms with Gasteiger partial charge in [0.05, 0.1) is 6.61 Å². The number of halogens is 1. The van der Waals surface area contributed by atoms with Crippen LogP contribution in [0.25, 0.3) is 0 Å². The fourth-order valence-corrected chi connectivity index (χ4v) is 0.988. The second-order valence-electron chi connectivity index (χ2n) is 2.47. The Bertz CT molecular complexity index is 274. The normalized spacial score (nSPS) is 9.00. The molecule has 2 nitrogen and oxygen atoms in total. The molecule has 3 heteroatoms. The first-order chi connectivity index (χ1) is 6.15. The van der Waals surface area contributed by atoms with Crippen molar-refractivity contribution >= 4 is 5.69 Å². The molecule has 0 bridgehead atoms. The van der Waals surface area contributed by atoms with E-state index >= 15 is 0 Å². The summed E-state index contributed by atoms with van der Waals surface area (Å²) in [6.45, 7) is 5.31. The van der Waals surface area contributed by atoms with Crippen molar-refractivity contribution in [3.63, 3.8) is 0 Å². The lowest BCUT2D eigenvalue weighted by Gasteiger charge is -2.03. The highest BCUT2D eigenvalue weighted by molar-refractivity contribution is 5.44. The minimum absolute atomic E-state index is 0.252. The first-order valence-electron chi connectivity index (χ1n) is 4.30. The van der Waals surface area contributed by atoms with E-state index in [1.807, 2.05) is 13.8 Å². The van der Waals surface area contributed by atoms with Crippen LogP contribution in [0.2, 0.25) is 0 Å². The summed E-state index contributed by atoms with van der Waals surface area (Å²) in [6, 6.07) is 2.97. The van der Waals surface area contributed by atoms with Gasteiger partial charge in [-0.25, -0.2) is 4.39 Å². The zero-order valence-corrected chi connectivity index (χ0v) is 8.26. The van der Waals surface area contributed by atoms with E-state index in [2.05, 4.69) is 0 Å². The van der Waals surface area contributed by atoms with E-state index in [0.29, 0.717) is 11.3 Å². The van der Waals surface area contributed by atoms with Gasteiger partial charge in [-0.3, -0.25) is 0 Å². The summed E-state index contributed by atoms with van der Waals surface area (Å²) in [5.74, 6) is -0.373. The van der Waals surface area contributed by atoms with Gasteiger partial charge in [-0.05, 0) is 24.6 Å². The number of aliphatic hydroxyl groups excluding tert-OH is 1. The molecule has 0 amide bonds. The lowest BCUT2D eigenvalue weighted by Crippen LogP contribution is -1.96. The summed E-state index contributed by atoms with van der Waals surface area (Å²) in [7, 11) is 0. The monoisotopic (exact) mass is 185 g/mol. The van der Waals surface area contributed by atoms with E-state index in [1.165, 1.54) is 12.1 Å². The van der Waals surface area contributed by atoms with Crippen molar-refractivity contribution in [2.45, 2.75) is 27.4 Å². The van der Waals surface area contributed by atoms with Gasteiger partial charge in [0.25, 0.3) is 0 Å². The van der Waals surface area contributed by atoms with Gasteiger partial charge >= 0.3 is 0 Å². The highest BCUT2D eigenvalue weighted by atomic mass is 19.1. The molecule has 0 fully saturated rings. The lowest BCUT2D eigenvalue weighted by atomic mass is 10.1. The molecule has 1 aromatic rings. The third-order valence-corrected chi connectivity index (χ3v) is 1.52. The van der Waals surface area contributed by atoms with Crippen molar-refractivity contribution in [3.8, 4) is 0 Å². The molecule has 0 atom stereocenters. The van der Waals surface area contributed by atoms with Gasteiger partial charge < -0.3 is 10.8 Å². The summed E-state index contributed by atoms with van der Waals surface area (Å²) in [6.07, 6.45) is 0. The Kier molecular flexibility index (Phi) is 5.07. The van der Waals surface area contributed by atoms with Crippen LogP contribution in [0, 0.1) is 12.7 Å². The van der Waals surface area contributed by atoms with Gasteiger partial charge in [-0.1, -0.05) is 13.8 Å². The van der Waals surface area contributed by atoms with E-state index in [0.717, 1.165) is 0 Å². The molecule has 0 unspecified atom stereocenters. The number of benzene rings is 1. The standard InChI is InChI=1S/C8H10FNO.C2H6/c1-5-2-7(10)3-6(4-11)8(5)9;1-2/h2-3,11H,4,10H2,1H3;1-2H3. The number of anilines is 1. The maximum Gasteiger partial charge on any atom is 0.131 e. The third kappa shape index (κ3) is 3.03. The van der Waals surface area contributed by atoms with Crippen LogP contribution >= 0.6 is 0 Å². The number of nitrogen functional groups attached to an aromatic ring is 1. The molecule has 13 heavy (non-hydrogen) atoms. The summed E-state index contributed by atoms with van der Waals surface area (Å²) in [5.41, 5.74) is 6.62. The quantitative estimate of drug-likeness (QED) is 0.659. The Balaban J connectivity index is 0.000000671. The van der Waals surface area contributed by atoms with Gasteiger partial charge in [-0.15, -0.1) is 0 Å². The second kappa shape index (κ2) is 5.54. The number of rotatable bonds is 1. The molecule has 1 aromatic carbocycles. The minimum atomic E-state index is -0.373. The SMILES string of the molecule is CC.Cc1cc(N)cc(CO)c1F. The Morgan fingerprint density at radius 1 is 1.38 bits per heavy atom. The molecule has 0 aliphatic heterocycles. The molecule has 0 heterocycles. The molecule has 0 saturated carbocycles. The van der Waals surface area contributed by atoms with E-state index in [4.69, 9.17) is 10.8 Å². The Labute approximate surface area is 78.2 Å². The molecule has 0 aliphatic rings. The predicted octanol–water partition coefficient (Wildman–Crippen LogP) is 2.23. The molecular formula is C10H16FNO. The fourth-order valence-electron chi connectivity index (χ4n) is 0.988. The second-order valence-corrected chi connectivity index (χ2v) is 2.47. The van der Waals surface area contributed by atoms with E-state index in [1.54, 1.807) is 6.92 Å².